The van der Waals surface area contributed by atoms with Crippen LogP contribution < -0.4 is 0 Å². The Balaban J connectivity index is 0. The Hall–Kier alpha value is -0.505. The largest absolute Gasteiger partial charge is 0.321 e. The molecule has 0 amide bonds. The van der Waals surface area contributed by atoms with E-state index in [9.17, 15) is 0 Å². The van der Waals surface area contributed by atoms with Gasteiger partial charge in [-0.25, -0.2) is 0 Å². The predicted octanol–water partition coefficient (Wildman–Crippen LogP) is 3.83. The van der Waals surface area contributed by atoms with Crippen molar-refractivity contribution in [3.63, 3.8) is 0 Å². The molecule has 0 fully saturated rings. The van der Waals surface area contributed by atoms with Crippen molar-refractivity contribution < 1.29 is 0 Å². The van der Waals surface area contributed by atoms with E-state index < -0.39 is 0 Å². The fraction of sp³-hybridized carbons (Fsp3) is 0.727. The molecular weight excluding hydrogens is 203 g/mol. The zero-order valence-electron chi connectivity index (χ0n) is 10.7. The van der Waals surface area contributed by atoms with Crippen LogP contribution in [0, 0.1) is 4.77 Å². The first kappa shape index (κ1) is 16.9. The number of hydrogen-bond donors (Lipinski definition) is 0. The molecule has 0 aliphatic rings. The molecule has 0 saturated carbocycles. The zero-order chi connectivity index (χ0) is 11.3. The summed E-state index contributed by atoms with van der Waals surface area (Å²) in [7, 11) is 0. The molecule has 3 radical (unpaired) electrons. The Kier molecular flexibility index (Phi) is 8.73. The highest BCUT2D eigenvalue weighted by molar-refractivity contribution is 7.71. The fourth-order valence-corrected chi connectivity index (χ4v) is 1.73. The van der Waals surface area contributed by atoms with Crippen LogP contribution in [0.1, 0.15) is 53.6 Å². The molecule has 1 heterocycles. The van der Waals surface area contributed by atoms with Gasteiger partial charge >= 0.3 is 0 Å². The number of imidazole rings is 1. The molecule has 15 heavy (non-hydrogen) atoms. The lowest BCUT2D eigenvalue weighted by Gasteiger charge is -2.09. The van der Waals surface area contributed by atoms with Crippen molar-refractivity contribution >= 4 is 20.6 Å². The van der Waals surface area contributed by atoms with Crippen LogP contribution in [0.15, 0.2) is 12.4 Å². The summed E-state index contributed by atoms with van der Waals surface area (Å²) in [6.45, 7) is 12.6. The first-order valence-electron chi connectivity index (χ1n) is 5.33. The summed E-state index contributed by atoms with van der Waals surface area (Å²) in [5, 5.41) is 0. The molecule has 2 nitrogen and oxygen atoms in total. The van der Waals surface area contributed by atoms with Crippen LogP contribution in [-0.4, -0.2) is 17.5 Å². The highest BCUT2D eigenvalue weighted by Gasteiger charge is 2.04. The lowest BCUT2D eigenvalue weighted by molar-refractivity contribution is 0.539. The van der Waals surface area contributed by atoms with E-state index in [2.05, 4.69) is 36.8 Å². The summed E-state index contributed by atoms with van der Waals surface area (Å²) in [6, 6.07) is 0.912. The maximum Gasteiger partial charge on any atom is 0.180 e. The highest BCUT2D eigenvalue weighted by Crippen LogP contribution is 2.11. The smallest absolute Gasteiger partial charge is 0.180 e. The number of hydrogen-bond acceptors (Lipinski definition) is 1. The van der Waals surface area contributed by atoms with E-state index in [1.807, 2.05) is 26.2 Å². The second-order valence-corrected chi connectivity index (χ2v) is 3.95. The third-order valence-corrected chi connectivity index (χ3v) is 2.36. The average Bonchev–Trinajstić information content (AvgIpc) is 2.50. The van der Waals surface area contributed by atoms with E-state index in [0.717, 1.165) is 4.77 Å². The molecule has 0 atom stereocenters. The minimum Gasteiger partial charge on any atom is -0.321 e. The van der Waals surface area contributed by atoms with Crippen molar-refractivity contribution in [3.05, 3.63) is 17.2 Å². The van der Waals surface area contributed by atoms with Crippen LogP contribution in [0.25, 0.3) is 0 Å². The van der Waals surface area contributed by atoms with Crippen LogP contribution in [0.2, 0.25) is 0 Å². The summed E-state index contributed by atoms with van der Waals surface area (Å²) >= 11 is 5.30. The Labute approximate surface area is 101 Å². The van der Waals surface area contributed by atoms with Gasteiger partial charge in [0.2, 0.25) is 0 Å². The molecular formula is C11H22BN2S. The maximum absolute atomic E-state index is 5.30. The van der Waals surface area contributed by atoms with Gasteiger partial charge in [0.1, 0.15) is 0 Å². The molecule has 0 aromatic carbocycles. The molecule has 1 rings (SSSR count). The molecule has 0 unspecified atom stereocenters. The van der Waals surface area contributed by atoms with Crippen molar-refractivity contribution in [1.82, 2.24) is 9.13 Å². The van der Waals surface area contributed by atoms with E-state index in [1.54, 1.807) is 0 Å². The van der Waals surface area contributed by atoms with Crippen molar-refractivity contribution in [2.45, 2.75) is 53.6 Å². The van der Waals surface area contributed by atoms with Crippen molar-refractivity contribution in [2.24, 2.45) is 0 Å². The molecule has 4 heteroatoms. The number of nitrogens with zero attached hydrogens (tertiary/aromatic N) is 2. The van der Waals surface area contributed by atoms with Gasteiger partial charge in [0.15, 0.2) is 4.77 Å². The van der Waals surface area contributed by atoms with Gasteiger partial charge in [-0.1, -0.05) is 13.8 Å². The lowest BCUT2D eigenvalue weighted by atomic mass is 10.4. The summed E-state index contributed by atoms with van der Waals surface area (Å²) in [5.74, 6) is 0. The highest BCUT2D eigenvalue weighted by atomic mass is 32.1. The van der Waals surface area contributed by atoms with Crippen LogP contribution in [0.5, 0.6) is 0 Å². The van der Waals surface area contributed by atoms with Gasteiger partial charge in [0.05, 0.1) is 0 Å². The lowest BCUT2D eigenvalue weighted by Crippen LogP contribution is -2.04. The van der Waals surface area contributed by atoms with Crippen LogP contribution in [0.3, 0.4) is 0 Å². The Morgan fingerprint density at radius 3 is 1.33 bits per heavy atom. The van der Waals surface area contributed by atoms with Gasteiger partial charge in [0.25, 0.3) is 0 Å². The van der Waals surface area contributed by atoms with Crippen molar-refractivity contribution in [1.29, 1.82) is 0 Å². The van der Waals surface area contributed by atoms with E-state index in [1.165, 1.54) is 0 Å². The monoisotopic (exact) mass is 225 g/mol. The molecule has 0 saturated heterocycles. The molecule has 0 bridgehead atoms. The zero-order valence-corrected chi connectivity index (χ0v) is 11.5. The summed E-state index contributed by atoms with van der Waals surface area (Å²) in [4.78, 5) is 0. The molecule has 0 spiro atoms. The van der Waals surface area contributed by atoms with Gasteiger partial charge in [-0.05, 0) is 39.9 Å². The van der Waals surface area contributed by atoms with E-state index in [0.29, 0.717) is 12.1 Å². The van der Waals surface area contributed by atoms with Gasteiger partial charge in [-0.15, -0.1) is 0 Å². The second-order valence-electron chi connectivity index (χ2n) is 3.58. The SMILES string of the molecule is CC.CC(C)n1ccn(C(C)C)c1=S.[B]. The van der Waals surface area contributed by atoms with Gasteiger partial charge in [-0.3, -0.25) is 0 Å². The summed E-state index contributed by atoms with van der Waals surface area (Å²) < 4.78 is 5.13. The molecule has 1 aromatic rings. The Morgan fingerprint density at radius 2 is 1.20 bits per heavy atom. The molecule has 85 valence electrons. The third kappa shape index (κ3) is 4.25. The van der Waals surface area contributed by atoms with Gasteiger partial charge in [0, 0.05) is 32.9 Å². The van der Waals surface area contributed by atoms with Crippen molar-refractivity contribution in [3.8, 4) is 0 Å². The third-order valence-electron chi connectivity index (χ3n) is 1.94. The molecule has 0 aliphatic carbocycles. The Morgan fingerprint density at radius 1 is 0.933 bits per heavy atom. The predicted molar refractivity (Wildman–Crippen MR) is 71.1 cm³/mol. The molecule has 0 aliphatic heterocycles. The minimum atomic E-state index is 0. The second kappa shape index (κ2) is 7.74. The van der Waals surface area contributed by atoms with Crippen LogP contribution in [0.4, 0.5) is 0 Å². The Bertz CT molecular complexity index is 284. The quantitative estimate of drug-likeness (QED) is 0.549. The van der Waals surface area contributed by atoms with E-state index in [4.69, 9.17) is 12.2 Å². The van der Waals surface area contributed by atoms with E-state index >= 15 is 0 Å². The first-order chi connectivity index (χ1) is 6.54. The number of rotatable bonds is 2. The van der Waals surface area contributed by atoms with Crippen molar-refractivity contribution in [2.75, 3.05) is 0 Å². The van der Waals surface area contributed by atoms with Crippen LogP contribution >= 0.6 is 12.2 Å². The fourth-order valence-electron chi connectivity index (χ4n) is 1.19. The molecule has 1 aromatic heterocycles. The normalized spacial score (nSPS) is 9.60. The van der Waals surface area contributed by atoms with E-state index in [-0.39, 0.29) is 8.41 Å². The summed E-state index contributed by atoms with van der Waals surface area (Å²) in [5.41, 5.74) is 0. The summed E-state index contributed by atoms with van der Waals surface area (Å²) in [6.07, 6.45) is 4.10. The maximum atomic E-state index is 5.30. The standard InChI is InChI=1S/C9H16N2S.C2H6.B/c1-7(2)10-5-6-11(8(3)4)9(10)12;1-2;/h5-8H,1-4H3;1-2H3;. The first-order valence-corrected chi connectivity index (χ1v) is 5.74. The van der Waals surface area contributed by atoms with Crippen LogP contribution in [-0.2, 0) is 0 Å². The minimum absolute atomic E-state index is 0. The average molecular weight is 225 g/mol. The van der Waals surface area contributed by atoms with Gasteiger partial charge in [-0.2, -0.15) is 0 Å². The molecule has 0 N–H and O–H groups in total. The number of aromatic nitrogens is 2. The van der Waals surface area contributed by atoms with Gasteiger partial charge < -0.3 is 9.13 Å². The topological polar surface area (TPSA) is 9.86 Å².